The number of nitrogens with zero attached hydrogens (tertiary/aromatic N) is 1. The zero-order valence-electron chi connectivity index (χ0n) is 13.7. The van der Waals surface area contributed by atoms with Gasteiger partial charge >= 0.3 is 5.97 Å². The van der Waals surface area contributed by atoms with Crippen LogP contribution in [0.2, 0.25) is 0 Å². The molecule has 128 valence electrons. The van der Waals surface area contributed by atoms with Gasteiger partial charge in [0.1, 0.15) is 11.9 Å². The number of carbonyl (C=O) groups excluding carboxylic acids is 1. The van der Waals surface area contributed by atoms with Crippen LogP contribution in [0.3, 0.4) is 0 Å². The number of hydrogen-bond donors (Lipinski definition) is 0. The average Bonchev–Trinajstić information content (AvgIpc) is 2.83. The van der Waals surface area contributed by atoms with Gasteiger partial charge in [-0.2, -0.15) is 0 Å². The van der Waals surface area contributed by atoms with E-state index in [9.17, 15) is 9.18 Å². The first kappa shape index (κ1) is 17.1. The maximum Gasteiger partial charge on any atom is 0.312 e. The van der Waals surface area contributed by atoms with E-state index in [1.165, 1.54) is 36.3 Å². The first-order valence-corrected chi connectivity index (χ1v) is 9.44. The maximum atomic E-state index is 12.9. The highest BCUT2D eigenvalue weighted by molar-refractivity contribution is 7.09. The Morgan fingerprint density at radius 1 is 1.17 bits per heavy atom. The molecule has 5 heteroatoms. The van der Waals surface area contributed by atoms with Gasteiger partial charge in [-0.05, 0) is 43.4 Å². The topological polar surface area (TPSA) is 39.2 Å². The SMILES string of the molecule is O=C(Cc1csc(Cc2ccc(F)cc2)n1)OC1CCCCCC1. The first-order chi connectivity index (χ1) is 11.7. The van der Waals surface area contributed by atoms with Gasteiger partial charge in [0.25, 0.3) is 0 Å². The van der Waals surface area contributed by atoms with Crippen LogP contribution in [-0.2, 0) is 22.4 Å². The molecule has 1 aromatic carbocycles. The number of halogens is 1. The van der Waals surface area contributed by atoms with Crippen LogP contribution in [0.5, 0.6) is 0 Å². The fraction of sp³-hybridized carbons (Fsp3) is 0.474. The second-order valence-corrected chi connectivity index (χ2v) is 7.26. The second kappa shape index (κ2) is 8.38. The summed E-state index contributed by atoms with van der Waals surface area (Å²) in [6.07, 6.45) is 7.72. The van der Waals surface area contributed by atoms with Gasteiger partial charge in [0, 0.05) is 11.8 Å². The minimum Gasteiger partial charge on any atom is -0.462 e. The number of benzene rings is 1. The Morgan fingerprint density at radius 3 is 2.58 bits per heavy atom. The van der Waals surface area contributed by atoms with Gasteiger partial charge < -0.3 is 4.74 Å². The normalized spacial score (nSPS) is 15.9. The predicted octanol–water partition coefficient (Wildman–Crippen LogP) is 4.68. The monoisotopic (exact) mass is 347 g/mol. The molecule has 1 aliphatic rings. The third kappa shape index (κ3) is 5.13. The Labute approximate surface area is 145 Å². The second-order valence-electron chi connectivity index (χ2n) is 6.32. The molecule has 3 nitrogen and oxygen atoms in total. The van der Waals surface area contributed by atoms with Crippen molar-refractivity contribution in [2.45, 2.75) is 57.5 Å². The van der Waals surface area contributed by atoms with E-state index in [2.05, 4.69) is 4.98 Å². The Kier molecular flexibility index (Phi) is 5.96. The lowest BCUT2D eigenvalue weighted by Gasteiger charge is -2.14. The van der Waals surface area contributed by atoms with E-state index in [0.29, 0.717) is 6.42 Å². The molecule has 0 N–H and O–H groups in total. The molecule has 1 heterocycles. The van der Waals surface area contributed by atoms with E-state index < -0.39 is 0 Å². The molecule has 1 fully saturated rings. The molecular weight excluding hydrogens is 325 g/mol. The van der Waals surface area contributed by atoms with Gasteiger partial charge in [0.15, 0.2) is 0 Å². The van der Waals surface area contributed by atoms with Crippen molar-refractivity contribution in [1.29, 1.82) is 0 Å². The molecule has 0 bridgehead atoms. The summed E-state index contributed by atoms with van der Waals surface area (Å²) < 4.78 is 18.5. The first-order valence-electron chi connectivity index (χ1n) is 8.56. The molecule has 2 aromatic rings. The molecule has 1 saturated carbocycles. The van der Waals surface area contributed by atoms with Crippen molar-refractivity contribution in [3.63, 3.8) is 0 Å². The van der Waals surface area contributed by atoms with E-state index >= 15 is 0 Å². The minimum atomic E-state index is -0.236. The van der Waals surface area contributed by atoms with Gasteiger partial charge in [-0.3, -0.25) is 4.79 Å². The number of esters is 1. The molecule has 0 atom stereocenters. The van der Waals surface area contributed by atoms with Crippen molar-refractivity contribution in [3.8, 4) is 0 Å². The van der Waals surface area contributed by atoms with Crippen LogP contribution in [0.1, 0.15) is 54.8 Å². The van der Waals surface area contributed by atoms with Crippen molar-refractivity contribution in [1.82, 2.24) is 4.98 Å². The zero-order chi connectivity index (χ0) is 16.8. The molecule has 24 heavy (non-hydrogen) atoms. The van der Waals surface area contributed by atoms with Crippen LogP contribution < -0.4 is 0 Å². The molecule has 0 unspecified atom stereocenters. The van der Waals surface area contributed by atoms with Crippen molar-refractivity contribution in [3.05, 3.63) is 51.7 Å². The molecule has 1 aliphatic carbocycles. The summed E-state index contributed by atoms with van der Waals surface area (Å²) in [6.45, 7) is 0. The van der Waals surface area contributed by atoms with Crippen LogP contribution >= 0.6 is 11.3 Å². The molecule has 3 rings (SSSR count). The number of rotatable bonds is 5. The minimum absolute atomic E-state index is 0.0809. The lowest BCUT2D eigenvalue weighted by Crippen LogP contribution is -2.19. The number of aromatic nitrogens is 1. The molecule has 0 saturated heterocycles. The van der Waals surface area contributed by atoms with Crippen LogP contribution in [0.4, 0.5) is 4.39 Å². The van der Waals surface area contributed by atoms with Crippen molar-refractivity contribution in [2.24, 2.45) is 0 Å². The fourth-order valence-corrected chi connectivity index (χ4v) is 3.85. The highest BCUT2D eigenvalue weighted by Crippen LogP contribution is 2.21. The van der Waals surface area contributed by atoms with Crippen LogP contribution in [-0.4, -0.2) is 17.1 Å². The molecule has 1 aromatic heterocycles. The highest BCUT2D eigenvalue weighted by Gasteiger charge is 2.17. The standard InChI is InChI=1S/C19H22FNO2S/c20-15-9-7-14(8-10-15)11-18-21-16(13-24-18)12-19(22)23-17-5-3-1-2-4-6-17/h7-10,13,17H,1-6,11-12H2. The van der Waals surface area contributed by atoms with E-state index in [1.54, 1.807) is 12.1 Å². The lowest BCUT2D eigenvalue weighted by atomic mass is 10.1. The third-order valence-electron chi connectivity index (χ3n) is 4.29. The Morgan fingerprint density at radius 2 is 1.88 bits per heavy atom. The summed E-state index contributed by atoms with van der Waals surface area (Å²) in [5, 5.41) is 2.84. The van der Waals surface area contributed by atoms with Crippen LogP contribution in [0, 0.1) is 5.82 Å². The molecular formula is C19H22FNO2S. The smallest absolute Gasteiger partial charge is 0.312 e. The summed E-state index contributed by atoms with van der Waals surface area (Å²) >= 11 is 1.53. The van der Waals surface area contributed by atoms with E-state index in [1.807, 2.05) is 5.38 Å². The summed E-state index contributed by atoms with van der Waals surface area (Å²) in [6, 6.07) is 6.43. The maximum absolute atomic E-state index is 12.9. The van der Waals surface area contributed by atoms with E-state index in [4.69, 9.17) is 4.74 Å². The molecule has 0 radical (unpaired) electrons. The highest BCUT2D eigenvalue weighted by atomic mass is 32.1. The lowest BCUT2D eigenvalue weighted by molar-refractivity contribution is -0.148. The Hall–Kier alpha value is -1.75. The van der Waals surface area contributed by atoms with Gasteiger partial charge in [-0.1, -0.05) is 25.0 Å². The summed E-state index contributed by atoms with van der Waals surface area (Å²) in [7, 11) is 0. The van der Waals surface area contributed by atoms with Crippen LogP contribution in [0.15, 0.2) is 29.6 Å². The van der Waals surface area contributed by atoms with Gasteiger partial charge in [-0.25, -0.2) is 9.37 Å². The summed E-state index contributed by atoms with van der Waals surface area (Å²) in [5.41, 5.74) is 1.77. The largest absolute Gasteiger partial charge is 0.462 e. The number of ether oxygens (including phenoxy) is 1. The quantitative estimate of drug-likeness (QED) is 0.582. The predicted molar refractivity (Wildman–Crippen MR) is 92.6 cm³/mol. The average molecular weight is 347 g/mol. The molecule has 0 amide bonds. The number of hydrogen-bond acceptors (Lipinski definition) is 4. The summed E-state index contributed by atoms with van der Waals surface area (Å²) in [4.78, 5) is 16.6. The van der Waals surface area contributed by atoms with Crippen molar-refractivity contribution in [2.75, 3.05) is 0 Å². The third-order valence-corrected chi connectivity index (χ3v) is 5.19. The molecule has 0 aliphatic heterocycles. The van der Waals surface area contributed by atoms with Gasteiger partial charge in [0.2, 0.25) is 0 Å². The van der Waals surface area contributed by atoms with Gasteiger partial charge in [0.05, 0.1) is 17.1 Å². The number of carbonyl (C=O) groups is 1. The number of thiazole rings is 1. The molecule has 0 spiro atoms. The Bertz CT molecular complexity index is 660. The van der Waals surface area contributed by atoms with Crippen molar-refractivity contribution >= 4 is 17.3 Å². The van der Waals surface area contributed by atoms with E-state index in [0.717, 1.165) is 41.9 Å². The fourth-order valence-electron chi connectivity index (χ4n) is 3.02. The van der Waals surface area contributed by atoms with E-state index in [-0.39, 0.29) is 24.3 Å². The summed E-state index contributed by atoms with van der Waals surface area (Å²) in [5.74, 6) is -0.416. The zero-order valence-corrected chi connectivity index (χ0v) is 14.5. The van der Waals surface area contributed by atoms with Crippen LogP contribution in [0.25, 0.3) is 0 Å². The van der Waals surface area contributed by atoms with Crippen molar-refractivity contribution < 1.29 is 13.9 Å². The Balaban J connectivity index is 1.51. The van der Waals surface area contributed by atoms with Gasteiger partial charge in [-0.15, -0.1) is 11.3 Å².